The minimum Gasteiger partial charge on any atom is -0.316 e. The second kappa shape index (κ2) is 13.8. The van der Waals surface area contributed by atoms with Crippen LogP contribution in [0.25, 0.3) is 33.1 Å². The van der Waals surface area contributed by atoms with E-state index in [1.807, 2.05) is 0 Å². The number of aromatic nitrogens is 1. The Hall–Kier alpha value is -2.88. The molecule has 2 fully saturated rings. The first-order valence-corrected chi connectivity index (χ1v) is 24.4. The standard InChI is InChI=1S/C49H66N2Si/c1-9-11-28-49(29-12-10-2)43-32-37(50-45-24-18-16-22-39(45)40-23-17-19-25-46(40)50)26-27-38(43)42-31-35-30-34(3)47(41(35)33-44(42)49)52(7,8)51(48(4,5)6)36-20-14-13-15-21-36/h16-19,22-27,31-36,41,47H,9-15,20-21,28-30H2,1-8H3. The Morgan fingerprint density at radius 1 is 0.808 bits per heavy atom. The largest absolute Gasteiger partial charge is 0.316 e. The Kier molecular flexibility index (Phi) is 9.55. The lowest BCUT2D eigenvalue weighted by atomic mass is 9.68. The van der Waals surface area contributed by atoms with E-state index in [9.17, 15) is 0 Å². The van der Waals surface area contributed by atoms with Gasteiger partial charge in [0, 0.05) is 33.5 Å². The SMILES string of the molecule is CCCCC1(CCCC)C2=CC3C(C=C2c2ccc(-n4c5ccccc5c5ccccc54)cc21)CC(C)C3[Si](C)(C)N(C1CCCCC1)C(C)(C)C. The molecular formula is C49H66N2Si. The molecule has 8 rings (SSSR count). The minimum absolute atomic E-state index is 0.0854. The Morgan fingerprint density at radius 2 is 1.42 bits per heavy atom. The summed E-state index contributed by atoms with van der Waals surface area (Å²) < 4.78 is 5.72. The monoisotopic (exact) mass is 710 g/mol. The van der Waals surface area contributed by atoms with Crippen LogP contribution in [0.2, 0.25) is 18.6 Å². The highest BCUT2D eigenvalue weighted by molar-refractivity contribution is 6.76. The number of allylic oxidation sites excluding steroid dienone is 4. The van der Waals surface area contributed by atoms with Crippen molar-refractivity contribution in [3.05, 3.63) is 95.6 Å². The molecule has 4 aliphatic rings. The maximum Gasteiger partial charge on any atom is 0.127 e. The molecule has 0 bridgehead atoms. The number of para-hydroxylation sites is 2. The molecule has 1 aromatic heterocycles. The number of rotatable bonds is 10. The topological polar surface area (TPSA) is 8.17 Å². The fourth-order valence-corrected chi connectivity index (χ4v) is 18.9. The van der Waals surface area contributed by atoms with Gasteiger partial charge in [0.25, 0.3) is 0 Å². The van der Waals surface area contributed by atoms with Crippen molar-refractivity contribution in [1.29, 1.82) is 0 Å². The molecule has 3 aromatic carbocycles. The summed E-state index contributed by atoms with van der Waals surface area (Å²) >= 11 is 0. The Labute approximate surface area is 316 Å². The van der Waals surface area contributed by atoms with E-state index in [4.69, 9.17) is 0 Å². The second-order valence-corrected chi connectivity index (χ2v) is 23.5. The highest BCUT2D eigenvalue weighted by atomic mass is 28.3. The van der Waals surface area contributed by atoms with Gasteiger partial charge in [0.15, 0.2) is 0 Å². The van der Waals surface area contributed by atoms with Crippen LogP contribution in [0.15, 0.2) is 84.5 Å². The lowest BCUT2D eigenvalue weighted by molar-refractivity contribution is 0.139. The van der Waals surface area contributed by atoms with Crippen LogP contribution in [-0.2, 0) is 5.41 Å². The molecule has 2 saturated carbocycles. The van der Waals surface area contributed by atoms with Crippen molar-refractivity contribution in [2.75, 3.05) is 0 Å². The number of hydrogen-bond acceptors (Lipinski definition) is 1. The highest BCUT2D eigenvalue weighted by Gasteiger charge is 2.56. The van der Waals surface area contributed by atoms with Gasteiger partial charge in [-0.05, 0) is 123 Å². The summed E-state index contributed by atoms with van der Waals surface area (Å²) in [5.41, 5.74) is 11.5. The number of fused-ring (bicyclic) bond motifs is 7. The normalized spacial score (nSPS) is 24.6. The zero-order valence-corrected chi connectivity index (χ0v) is 34.8. The van der Waals surface area contributed by atoms with Crippen molar-refractivity contribution in [2.45, 2.75) is 154 Å². The summed E-state index contributed by atoms with van der Waals surface area (Å²) in [4.78, 5) is 0. The quantitative estimate of drug-likeness (QED) is 0.149. The van der Waals surface area contributed by atoms with E-state index < -0.39 is 8.24 Å². The maximum absolute atomic E-state index is 3.17. The van der Waals surface area contributed by atoms with Gasteiger partial charge in [-0.2, -0.15) is 0 Å². The first kappa shape index (κ1) is 36.1. The molecule has 2 nitrogen and oxygen atoms in total. The van der Waals surface area contributed by atoms with Crippen LogP contribution >= 0.6 is 0 Å². The van der Waals surface area contributed by atoms with Crippen molar-refractivity contribution < 1.29 is 0 Å². The summed E-state index contributed by atoms with van der Waals surface area (Å²) in [6.07, 6.45) is 21.7. The molecule has 0 spiro atoms. The lowest BCUT2D eigenvalue weighted by Gasteiger charge is -2.56. The molecule has 3 heteroatoms. The summed E-state index contributed by atoms with van der Waals surface area (Å²) in [5.74, 6) is 2.06. The van der Waals surface area contributed by atoms with Crippen LogP contribution < -0.4 is 0 Å². The third-order valence-corrected chi connectivity index (χ3v) is 19.2. The van der Waals surface area contributed by atoms with E-state index in [1.54, 1.807) is 16.7 Å². The van der Waals surface area contributed by atoms with Gasteiger partial charge >= 0.3 is 0 Å². The molecule has 4 aliphatic carbocycles. The van der Waals surface area contributed by atoms with Crippen molar-refractivity contribution in [2.24, 2.45) is 17.8 Å². The van der Waals surface area contributed by atoms with E-state index in [1.165, 1.54) is 110 Å². The molecule has 0 aliphatic heterocycles. The van der Waals surface area contributed by atoms with Crippen LogP contribution in [0.3, 0.4) is 0 Å². The first-order valence-electron chi connectivity index (χ1n) is 21.4. The van der Waals surface area contributed by atoms with Crippen LogP contribution in [0, 0.1) is 17.8 Å². The zero-order valence-electron chi connectivity index (χ0n) is 33.8. The molecule has 4 unspecified atom stereocenters. The lowest BCUT2D eigenvalue weighted by Crippen LogP contribution is -2.65. The smallest absolute Gasteiger partial charge is 0.127 e. The van der Waals surface area contributed by atoms with Gasteiger partial charge in [0.05, 0.1) is 11.0 Å². The Balaban J connectivity index is 1.28. The van der Waals surface area contributed by atoms with E-state index in [2.05, 4.69) is 143 Å². The predicted octanol–water partition coefficient (Wildman–Crippen LogP) is 14.0. The number of hydrogen-bond donors (Lipinski definition) is 0. The Bertz CT molecular complexity index is 1930. The molecule has 0 saturated heterocycles. The van der Waals surface area contributed by atoms with E-state index in [-0.39, 0.29) is 11.0 Å². The second-order valence-electron chi connectivity index (χ2n) is 19.0. The maximum atomic E-state index is 3.17. The summed E-state index contributed by atoms with van der Waals surface area (Å²) in [7, 11) is -1.86. The van der Waals surface area contributed by atoms with E-state index >= 15 is 0 Å². The first-order chi connectivity index (χ1) is 25.0. The molecule has 1 heterocycles. The van der Waals surface area contributed by atoms with Gasteiger partial charge in [0.2, 0.25) is 0 Å². The van der Waals surface area contributed by atoms with Crippen molar-refractivity contribution in [3.8, 4) is 5.69 Å². The van der Waals surface area contributed by atoms with Gasteiger partial charge in [-0.3, -0.25) is 0 Å². The predicted molar refractivity (Wildman–Crippen MR) is 228 cm³/mol. The summed E-state index contributed by atoms with van der Waals surface area (Å²) in [5, 5.41) is 2.69. The highest BCUT2D eigenvalue weighted by Crippen LogP contribution is 2.63. The minimum atomic E-state index is -1.86. The number of nitrogens with zero attached hydrogens (tertiary/aromatic N) is 2. The Morgan fingerprint density at radius 3 is 2.02 bits per heavy atom. The van der Waals surface area contributed by atoms with Gasteiger partial charge in [0.1, 0.15) is 8.24 Å². The molecule has 4 atom stereocenters. The molecular weight excluding hydrogens is 645 g/mol. The van der Waals surface area contributed by atoms with Crippen LogP contribution in [-0.4, -0.2) is 28.9 Å². The number of unbranched alkanes of at least 4 members (excludes halogenated alkanes) is 2. The van der Waals surface area contributed by atoms with Gasteiger partial charge in [-0.15, -0.1) is 0 Å². The zero-order chi connectivity index (χ0) is 36.4. The average Bonchev–Trinajstić information content (AvgIpc) is 3.73. The summed E-state index contributed by atoms with van der Waals surface area (Å²) in [6.45, 7) is 20.6. The molecule has 276 valence electrons. The molecule has 0 amide bonds. The number of benzene rings is 3. The van der Waals surface area contributed by atoms with E-state index in [0.29, 0.717) is 11.8 Å². The fourth-order valence-electron chi connectivity index (χ4n) is 12.8. The average molecular weight is 711 g/mol. The fraction of sp³-hybridized carbons (Fsp3) is 0.551. The molecule has 52 heavy (non-hydrogen) atoms. The molecule has 0 N–H and O–H groups in total. The van der Waals surface area contributed by atoms with Crippen LogP contribution in [0.4, 0.5) is 0 Å². The van der Waals surface area contributed by atoms with Crippen molar-refractivity contribution in [3.63, 3.8) is 0 Å². The van der Waals surface area contributed by atoms with Gasteiger partial charge in [-0.25, -0.2) is 0 Å². The third kappa shape index (κ3) is 5.74. The molecule has 0 radical (unpaired) electrons. The molecule has 4 aromatic rings. The van der Waals surface area contributed by atoms with Crippen LogP contribution in [0.5, 0.6) is 0 Å². The van der Waals surface area contributed by atoms with Gasteiger partial charge < -0.3 is 9.13 Å². The van der Waals surface area contributed by atoms with Gasteiger partial charge in [-0.1, -0.05) is 133 Å². The summed E-state index contributed by atoms with van der Waals surface area (Å²) in [6, 6.07) is 26.4. The van der Waals surface area contributed by atoms with Crippen molar-refractivity contribution in [1.82, 2.24) is 9.13 Å². The third-order valence-electron chi connectivity index (χ3n) is 14.4. The van der Waals surface area contributed by atoms with Crippen molar-refractivity contribution >= 4 is 35.6 Å². The van der Waals surface area contributed by atoms with E-state index in [0.717, 1.165) is 17.5 Å². The van der Waals surface area contributed by atoms with Crippen LogP contribution in [0.1, 0.15) is 130 Å².